The molecule has 3 rings (SSSR count). The Morgan fingerprint density at radius 2 is 1.72 bits per heavy atom. The Labute approximate surface area is 107 Å². The first-order valence-corrected chi connectivity index (χ1v) is 6.54. The van der Waals surface area contributed by atoms with E-state index in [-0.39, 0.29) is 0 Å². The van der Waals surface area contributed by atoms with E-state index >= 15 is 0 Å². The summed E-state index contributed by atoms with van der Waals surface area (Å²) >= 11 is 0. The molecule has 18 heavy (non-hydrogen) atoms. The SMILES string of the molecule is OC1(Cc2cccc3ccccc23)CCOCC1. The van der Waals surface area contributed by atoms with Gasteiger partial charge in [0, 0.05) is 19.6 Å². The van der Waals surface area contributed by atoms with Gasteiger partial charge in [0.15, 0.2) is 0 Å². The molecule has 0 aromatic heterocycles. The molecule has 0 saturated carbocycles. The molecule has 0 atom stereocenters. The minimum absolute atomic E-state index is 0.595. The van der Waals surface area contributed by atoms with Gasteiger partial charge in [-0.3, -0.25) is 0 Å². The quantitative estimate of drug-likeness (QED) is 0.877. The van der Waals surface area contributed by atoms with Crippen molar-refractivity contribution in [2.75, 3.05) is 13.2 Å². The first-order valence-electron chi connectivity index (χ1n) is 6.54. The average molecular weight is 242 g/mol. The fourth-order valence-electron chi connectivity index (χ4n) is 2.73. The van der Waals surface area contributed by atoms with Crippen molar-refractivity contribution in [1.29, 1.82) is 0 Å². The van der Waals surface area contributed by atoms with E-state index in [9.17, 15) is 5.11 Å². The zero-order valence-corrected chi connectivity index (χ0v) is 10.4. The smallest absolute Gasteiger partial charge is 0.0732 e. The first-order chi connectivity index (χ1) is 8.77. The molecular weight excluding hydrogens is 224 g/mol. The summed E-state index contributed by atoms with van der Waals surface area (Å²) in [4.78, 5) is 0. The van der Waals surface area contributed by atoms with Gasteiger partial charge in [-0.05, 0) is 29.2 Å². The molecule has 2 aromatic rings. The van der Waals surface area contributed by atoms with E-state index in [0.29, 0.717) is 13.2 Å². The molecule has 0 amide bonds. The van der Waals surface area contributed by atoms with Crippen LogP contribution in [0.25, 0.3) is 10.8 Å². The maximum Gasteiger partial charge on any atom is 0.0732 e. The molecule has 0 radical (unpaired) electrons. The number of ether oxygens (including phenoxy) is 1. The predicted molar refractivity (Wildman–Crippen MR) is 72.7 cm³/mol. The van der Waals surface area contributed by atoms with Gasteiger partial charge in [0.2, 0.25) is 0 Å². The van der Waals surface area contributed by atoms with Crippen LogP contribution in [-0.4, -0.2) is 23.9 Å². The summed E-state index contributed by atoms with van der Waals surface area (Å²) in [6, 6.07) is 14.7. The summed E-state index contributed by atoms with van der Waals surface area (Å²) in [5.74, 6) is 0. The lowest BCUT2D eigenvalue weighted by Gasteiger charge is -2.32. The van der Waals surface area contributed by atoms with Gasteiger partial charge in [-0.2, -0.15) is 0 Å². The number of benzene rings is 2. The highest BCUT2D eigenvalue weighted by Gasteiger charge is 2.30. The molecule has 0 spiro atoms. The minimum Gasteiger partial charge on any atom is -0.389 e. The molecule has 1 aliphatic heterocycles. The van der Waals surface area contributed by atoms with E-state index in [1.807, 2.05) is 0 Å². The second-order valence-corrected chi connectivity index (χ2v) is 5.15. The number of hydrogen-bond acceptors (Lipinski definition) is 2. The highest BCUT2D eigenvalue weighted by atomic mass is 16.5. The topological polar surface area (TPSA) is 29.5 Å². The lowest BCUT2D eigenvalue weighted by Crippen LogP contribution is -2.38. The zero-order valence-electron chi connectivity index (χ0n) is 10.4. The van der Waals surface area contributed by atoms with Crippen molar-refractivity contribution in [1.82, 2.24) is 0 Å². The molecule has 1 fully saturated rings. The standard InChI is InChI=1S/C16H18O2/c17-16(8-10-18-11-9-16)12-14-6-3-5-13-4-1-2-7-15(13)14/h1-7,17H,8-12H2. The first kappa shape index (κ1) is 11.7. The van der Waals surface area contributed by atoms with Crippen molar-refractivity contribution in [2.45, 2.75) is 24.9 Å². The van der Waals surface area contributed by atoms with Crippen LogP contribution in [0.2, 0.25) is 0 Å². The third kappa shape index (κ3) is 2.26. The van der Waals surface area contributed by atoms with Gasteiger partial charge in [-0.15, -0.1) is 0 Å². The van der Waals surface area contributed by atoms with Crippen molar-refractivity contribution in [3.05, 3.63) is 48.0 Å². The van der Waals surface area contributed by atoms with E-state index < -0.39 is 5.60 Å². The molecule has 1 saturated heterocycles. The molecule has 0 unspecified atom stereocenters. The summed E-state index contributed by atoms with van der Waals surface area (Å²) in [6.45, 7) is 1.34. The van der Waals surface area contributed by atoms with Gasteiger partial charge in [0.05, 0.1) is 5.60 Å². The van der Waals surface area contributed by atoms with Crippen LogP contribution in [0.15, 0.2) is 42.5 Å². The maximum absolute atomic E-state index is 10.6. The lowest BCUT2D eigenvalue weighted by molar-refractivity contribution is -0.0624. The predicted octanol–water partition coefficient (Wildman–Crippen LogP) is 2.92. The average Bonchev–Trinajstić information content (AvgIpc) is 2.40. The van der Waals surface area contributed by atoms with Crippen molar-refractivity contribution < 1.29 is 9.84 Å². The van der Waals surface area contributed by atoms with Crippen molar-refractivity contribution >= 4 is 10.8 Å². The molecule has 1 N–H and O–H groups in total. The number of fused-ring (bicyclic) bond motifs is 1. The Kier molecular flexibility index (Phi) is 3.06. The minimum atomic E-state index is -0.595. The third-order valence-corrected chi connectivity index (χ3v) is 3.82. The van der Waals surface area contributed by atoms with Crippen LogP contribution in [0.3, 0.4) is 0 Å². The molecule has 94 valence electrons. The number of aliphatic hydroxyl groups is 1. The van der Waals surface area contributed by atoms with E-state index in [0.717, 1.165) is 19.3 Å². The molecule has 1 heterocycles. The summed E-state index contributed by atoms with van der Waals surface area (Å²) < 4.78 is 5.33. The van der Waals surface area contributed by atoms with Crippen LogP contribution in [0.5, 0.6) is 0 Å². The van der Waals surface area contributed by atoms with Crippen LogP contribution < -0.4 is 0 Å². The highest BCUT2D eigenvalue weighted by molar-refractivity contribution is 5.85. The van der Waals surface area contributed by atoms with E-state index in [4.69, 9.17) is 4.74 Å². The monoisotopic (exact) mass is 242 g/mol. The Bertz CT molecular complexity index is 536. The van der Waals surface area contributed by atoms with Crippen molar-refractivity contribution in [3.63, 3.8) is 0 Å². The fraction of sp³-hybridized carbons (Fsp3) is 0.375. The third-order valence-electron chi connectivity index (χ3n) is 3.82. The van der Waals surface area contributed by atoms with Crippen molar-refractivity contribution in [2.24, 2.45) is 0 Å². The van der Waals surface area contributed by atoms with E-state index in [1.54, 1.807) is 0 Å². The normalized spacial score (nSPS) is 18.9. The Balaban J connectivity index is 1.94. The second kappa shape index (κ2) is 4.71. The summed E-state index contributed by atoms with van der Waals surface area (Å²) in [6.07, 6.45) is 2.18. The van der Waals surface area contributed by atoms with Gasteiger partial charge in [-0.1, -0.05) is 42.5 Å². The Morgan fingerprint density at radius 3 is 2.56 bits per heavy atom. The lowest BCUT2D eigenvalue weighted by atomic mass is 9.86. The fourth-order valence-corrected chi connectivity index (χ4v) is 2.73. The molecular formula is C16H18O2. The molecule has 0 bridgehead atoms. The van der Waals surface area contributed by atoms with Crippen LogP contribution in [0, 0.1) is 0 Å². The number of hydrogen-bond donors (Lipinski definition) is 1. The van der Waals surface area contributed by atoms with Gasteiger partial charge in [0.25, 0.3) is 0 Å². The molecule has 1 aliphatic rings. The van der Waals surface area contributed by atoms with Gasteiger partial charge < -0.3 is 9.84 Å². The van der Waals surface area contributed by atoms with Gasteiger partial charge >= 0.3 is 0 Å². The maximum atomic E-state index is 10.6. The molecule has 2 aromatic carbocycles. The Morgan fingerprint density at radius 1 is 1.00 bits per heavy atom. The van der Waals surface area contributed by atoms with Gasteiger partial charge in [-0.25, -0.2) is 0 Å². The molecule has 0 aliphatic carbocycles. The Hall–Kier alpha value is -1.38. The van der Waals surface area contributed by atoms with Crippen LogP contribution >= 0.6 is 0 Å². The van der Waals surface area contributed by atoms with Crippen LogP contribution in [-0.2, 0) is 11.2 Å². The van der Waals surface area contributed by atoms with Crippen molar-refractivity contribution in [3.8, 4) is 0 Å². The molecule has 2 heteroatoms. The largest absolute Gasteiger partial charge is 0.389 e. The zero-order chi connectivity index (χ0) is 12.4. The van der Waals surface area contributed by atoms with Crippen LogP contribution in [0.1, 0.15) is 18.4 Å². The summed E-state index contributed by atoms with van der Waals surface area (Å²) in [5.41, 5.74) is 0.639. The summed E-state index contributed by atoms with van der Waals surface area (Å²) in [7, 11) is 0. The second-order valence-electron chi connectivity index (χ2n) is 5.15. The summed E-state index contributed by atoms with van der Waals surface area (Å²) in [5, 5.41) is 13.1. The number of rotatable bonds is 2. The van der Waals surface area contributed by atoms with E-state index in [2.05, 4.69) is 42.5 Å². The van der Waals surface area contributed by atoms with Gasteiger partial charge in [0.1, 0.15) is 0 Å². The van der Waals surface area contributed by atoms with E-state index in [1.165, 1.54) is 16.3 Å². The van der Waals surface area contributed by atoms with Crippen LogP contribution in [0.4, 0.5) is 0 Å². The highest BCUT2D eigenvalue weighted by Crippen LogP contribution is 2.28. The molecule has 2 nitrogen and oxygen atoms in total.